The molecule has 1 amide bonds. The molecular weight excluding hydrogens is 302 g/mol. The lowest BCUT2D eigenvalue weighted by atomic mass is 10.0. The molecule has 2 aromatic carbocycles. The Balaban J connectivity index is 1.92. The van der Waals surface area contributed by atoms with Crippen molar-refractivity contribution in [2.75, 3.05) is 14.2 Å². The van der Waals surface area contributed by atoms with Crippen LogP contribution < -0.4 is 14.8 Å². The van der Waals surface area contributed by atoms with E-state index >= 15 is 0 Å². The summed E-state index contributed by atoms with van der Waals surface area (Å²) in [6.07, 6.45) is 1.15. The molecule has 0 radical (unpaired) electrons. The van der Waals surface area contributed by atoms with E-state index in [1.807, 2.05) is 50.2 Å². The zero-order chi connectivity index (χ0) is 17.5. The van der Waals surface area contributed by atoms with Crippen molar-refractivity contribution < 1.29 is 14.3 Å². The summed E-state index contributed by atoms with van der Waals surface area (Å²) in [4.78, 5) is 12.2. The predicted molar refractivity (Wildman–Crippen MR) is 95.6 cm³/mol. The van der Waals surface area contributed by atoms with Gasteiger partial charge in [-0.1, -0.05) is 30.3 Å². The van der Waals surface area contributed by atoms with Crippen molar-refractivity contribution in [3.05, 3.63) is 59.2 Å². The fourth-order valence-corrected chi connectivity index (χ4v) is 2.77. The van der Waals surface area contributed by atoms with Gasteiger partial charge < -0.3 is 14.8 Å². The molecular formula is C20H25NO3. The fraction of sp³-hybridized carbons (Fsp3) is 0.350. The Kier molecular flexibility index (Phi) is 6.24. The molecule has 4 heteroatoms. The van der Waals surface area contributed by atoms with Gasteiger partial charge in [0.1, 0.15) is 11.5 Å². The maximum absolute atomic E-state index is 12.2. The van der Waals surface area contributed by atoms with Gasteiger partial charge in [0.25, 0.3) is 0 Å². The number of carbonyl (C=O) groups is 1. The van der Waals surface area contributed by atoms with E-state index in [4.69, 9.17) is 9.47 Å². The topological polar surface area (TPSA) is 47.6 Å². The van der Waals surface area contributed by atoms with Gasteiger partial charge in [-0.2, -0.15) is 0 Å². The molecule has 0 aromatic heterocycles. The Morgan fingerprint density at radius 3 is 2.46 bits per heavy atom. The van der Waals surface area contributed by atoms with E-state index in [0.29, 0.717) is 12.8 Å². The molecule has 0 aliphatic heterocycles. The first kappa shape index (κ1) is 17.9. The van der Waals surface area contributed by atoms with E-state index in [0.717, 1.165) is 28.2 Å². The van der Waals surface area contributed by atoms with E-state index in [9.17, 15) is 4.79 Å². The summed E-state index contributed by atoms with van der Waals surface area (Å²) in [5.41, 5.74) is 3.19. The zero-order valence-corrected chi connectivity index (χ0v) is 14.8. The standard InChI is InChI=1S/C20H25NO3/c1-14-13-16(9-11-18(14)23-3)10-12-20(22)21-15(2)17-7-5-6-8-19(17)24-4/h5-9,11,13,15H,10,12H2,1-4H3,(H,21,22)/t15-/m1/s1. The van der Waals surface area contributed by atoms with Crippen molar-refractivity contribution in [3.8, 4) is 11.5 Å². The number of benzene rings is 2. The predicted octanol–water partition coefficient (Wildman–Crippen LogP) is 3.82. The van der Waals surface area contributed by atoms with Gasteiger partial charge in [0, 0.05) is 12.0 Å². The van der Waals surface area contributed by atoms with Gasteiger partial charge >= 0.3 is 0 Å². The van der Waals surface area contributed by atoms with Crippen LogP contribution in [-0.4, -0.2) is 20.1 Å². The van der Waals surface area contributed by atoms with Crippen LogP contribution in [0.3, 0.4) is 0 Å². The summed E-state index contributed by atoms with van der Waals surface area (Å²) >= 11 is 0. The number of methoxy groups -OCH3 is 2. The zero-order valence-electron chi connectivity index (χ0n) is 14.8. The molecule has 0 aliphatic rings. The van der Waals surface area contributed by atoms with Crippen LogP contribution in [-0.2, 0) is 11.2 Å². The van der Waals surface area contributed by atoms with Crippen LogP contribution in [0.1, 0.15) is 36.1 Å². The van der Waals surface area contributed by atoms with Crippen LogP contribution in [0, 0.1) is 6.92 Å². The summed E-state index contributed by atoms with van der Waals surface area (Å²) in [5, 5.41) is 3.03. The molecule has 0 fully saturated rings. The molecule has 1 atom stereocenters. The SMILES string of the molecule is COc1ccc(CCC(=O)N[C@H](C)c2ccccc2OC)cc1C. The van der Waals surface area contributed by atoms with Crippen molar-refractivity contribution in [2.24, 2.45) is 0 Å². The van der Waals surface area contributed by atoms with E-state index < -0.39 is 0 Å². The van der Waals surface area contributed by atoms with Gasteiger partial charge in [-0.25, -0.2) is 0 Å². The third kappa shape index (κ3) is 4.51. The van der Waals surface area contributed by atoms with Crippen LogP contribution in [0.4, 0.5) is 0 Å². The minimum absolute atomic E-state index is 0.0295. The molecule has 128 valence electrons. The van der Waals surface area contributed by atoms with Crippen LogP contribution in [0.5, 0.6) is 11.5 Å². The highest BCUT2D eigenvalue weighted by Crippen LogP contribution is 2.24. The largest absolute Gasteiger partial charge is 0.496 e. The Hall–Kier alpha value is -2.49. The molecule has 0 aliphatic carbocycles. The minimum atomic E-state index is -0.0914. The first-order valence-electron chi connectivity index (χ1n) is 8.11. The molecule has 0 saturated heterocycles. The number of aryl methyl sites for hydroxylation is 2. The average Bonchev–Trinajstić information content (AvgIpc) is 2.60. The first-order valence-corrected chi connectivity index (χ1v) is 8.11. The Morgan fingerprint density at radius 2 is 1.79 bits per heavy atom. The van der Waals surface area contributed by atoms with E-state index in [1.165, 1.54) is 0 Å². The number of hydrogen-bond donors (Lipinski definition) is 1. The summed E-state index contributed by atoms with van der Waals surface area (Å²) < 4.78 is 10.6. The molecule has 2 rings (SSSR count). The molecule has 0 saturated carbocycles. The Morgan fingerprint density at radius 1 is 1.08 bits per heavy atom. The Labute approximate surface area is 143 Å². The van der Waals surface area contributed by atoms with Crippen LogP contribution >= 0.6 is 0 Å². The van der Waals surface area contributed by atoms with Gasteiger partial charge in [-0.3, -0.25) is 4.79 Å². The smallest absolute Gasteiger partial charge is 0.220 e. The summed E-state index contributed by atoms with van der Waals surface area (Å²) in [5.74, 6) is 1.69. The van der Waals surface area contributed by atoms with Crippen molar-refractivity contribution in [1.29, 1.82) is 0 Å². The van der Waals surface area contributed by atoms with Crippen molar-refractivity contribution >= 4 is 5.91 Å². The lowest BCUT2D eigenvalue weighted by Gasteiger charge is -2.17. The molecule has 0 bridgehead atoms. The molecule has 4 nitrogen and oxygen atoms in total. The number of hydrogen-bond acceptors (Lipinski definition) is 3. The second-order valence-electron chi connectivity index (χ2n) is 5.84. The quantitative estimate of drug-likeness (QED) is 0.841. The maximum Gasteiger partial charge on any atom is 0.220 e. The first-order chi connectivity index (χ1) is 11.5. The second-order valence-corrected chi connectivity index (χ2v) is 5.84. The lowest BCUT2D eigenvalue weighted by molar-refractivity contribution is -0.121. The second kappa shape index (κ2) is 8.39. The molecule has 24 heavy (non-hydrogen) atoms. The average molecular weight is 327 g/mol. The number of nitrogens with one attached hydrogen (secondary N) is 1. The van der Waals surface area contributed by atoms with Gasteiger partial charge in [-0.15, -0.1) is 0 Å². The lowest BCUT2D eigenvalue weighted by Crippen LogP contribution is -2.27. The van der Waals surface area contributed by atoms with Gasteiger partial charge in [0.2, 0.25) is 5.91 Å². The number of amides is 1. The highest BCUT2D eigenvalue weighted by atomic mass is 16.5. The molecule has 0 spiro atoms. The fourth-order valence-electron chi connectivity index (χ4n) is 2.77. The molecule has 1 N–H and O–H groups in total. The Bertz CT molecular complexity index is 697. The maximum atomic E-state index is 12.2. The summed E-state index contributed by atoms with van der Waals surface area (Å²) in [7, 11) is 3.30. The van der Waals surface area contributed by atoms with Gasteiger partial charge in [0.15, 0.2) is 0 Å². The number of rotatable bonds is 7. The van der Waals surface area contributed by atoms with Crippen molar-refractivity contribution in [3.63, 3.8) is 0 Å². The summed E-state index contributed by atoms with van der Waals surface area (Å²) in [6.45, 7) is 3.97. The van der Waals surface area contributed by atoms with Gasteiger partial charge in [0.05, 0.1) is 20.3 Å². The summed E-state index contributed by atoms with van der Waals surface area (Å²) in [6, 6.07) is 13.7. The third-order valence-electron chi connectivity index (χ3n) is 4.08. The molecule has 0 heterocycles. The van der Waals surface area contributed by atoms with Crippen LogP contribution in [0.15, 0.2) is 42.5 Å². The van der Waals surface area contributed by atoms with E-state index in [1.54, 1.807) is 14.2 Å². The van der Waals surface area contributed by atoms with Crippen LogP contribution in [0.2, 0.25) is 0 Å². The van der Waals surface area contributed by atoms with E-state index in [-0.39, 0.29) is 11.9 Å². The highest BCUT2D eigenvalue weighted by Gasteiger charge is 2.13. The molecule has 2 aromatic rings. The van der Waals surface area contributed by atoms with E-state index in [2.05, 4.69) is 11.4 Å². The number of ether oxygens (including phenoxy) is 2. The van der Waals surface area contributed by atoms with Crippen molar-refractivity contribution in [1.82, 2.24) is 5.32 Å². The highest BCUT2D eigenvalue weighted by molar-refractivity contribution is 5.76. The number of para-hydroxylation sites is 1. The monoisotopic (exact) mass is 327 g/mol. The van der Waals surface area contributed by atoms with Gasteiger partial charge in [-0.05, 0) is 43.5 Å². The minimum Gasteiger partial charge on any atom is -0.496 e. The normalized spacial score (nSPS) is 11.7. The molecule has 0 unspecified atom stereocenters. The van der Waals surface area contributed by atoms with Crippen LogP contribution in [0.25, 0.3) is 0 Å². The third-order valence-corrected chi connectivity index (χ3v) is 4.08. The van der Waals surface area contributed by atoms with Crippen molar-refractivity contribution in [2.45, 2.75) is 32.7 Å². The number of carbonyl (C=O) groups excluding carboxylic acids is 1.